The number of nitrogens with zero attached hydrogens (tertiary/aromatic N) is 1. The van der Waals surface area contributed by atoms with E-state index in [4.69, 9.17) is 4.74 Å². The number of methoxy groups -OCH3 is 1. The van der Waals surface area contributed by atoms with E-state index in [1.54, 1.807) is 14.2 Å². The van der Waals surface area contributed by atoms with Gasteiger partial charge in [0.15, 0.2) is 0 Å². The van der Waals surface area contributed by atoms with Crippen molar-refractivity contribution in [1.29, 1.82) is 0 Å². The summed E-state index contributed by atoms with van der Waals surface area (Å²) in [7, 11) is 3.23. The number of ether oxygens (including phenoxy) is 1. The number of carbonyl (C=O) groups excluding carboxylic acids is 2. The molecule has 1 aromatic rings. The molecule has 0 heterocycles. The van der Waals surface area contributed by atoms with Crippen molar-refractivity contribution < 1.29 is 14.3 Å². The Bertz CT molecular complexity index is 506. The van der Waals surface area contributed by atoms with Crippen LogP contribution in [0.2, 0.25) is 0 Å². The maximum absolute atomic E-state index is 11.7. The quantitative estimate of drug-likeness (QED) is 0.771. The summed E-state index contributed by atoms with van der Waals surface area (Å²) in [5.74, 6) is -0.162. The molecular weight excluding hydrogens is 230 g/mol. The number of likely N-dealkylation sites (N-methyl/N-ethyl adjacent to an activating group) is 1. The first-order valence-corrected chi connectivity index (χ1v) is 5.74. The standard InChI is InChI=1S/C14H19NO3/c1-8-7-12(15(5)14(17)11(4)16)9(2)10(3)13(8)18-6/h7H,1-6H3. The van der Waals surface area contributed by atoms with Crippen molar-refractivity contribution in [3.63, 3.8) is 0 Å². The zero-order valence-corrected chi connectivity index (χ0v) is 11.7. The minimum Gasteiger partial charge on any atom is -0.496 e. The van der Waals surface area contributed by atoms with E-state index in [-0.39, 0.29) is 0 Å². The Labute approximate surface area is 108 Å². The van der Waals surface area contributed by atoms with Gasteiger partial charge in [-0.1, -0.05) is 0 Å². The molecule has 0 radical (unpaired) electrons. The smallest absolute Gasteiger partial charge is 0.293 e. The van der Waals surface area contributed by atoms with E-state index in [9.17, 15) is 9.59 Å². The van der Waals surface area contributed by atoms with Gasteiger partial charge in [-0.2, -0.15) is 0 Å². The van der Waals surface area contributed by atoms with E-state index in [2.05, 4.69) is 0 Å². The van der Waals surface area contributed by atoms with Gasteiger partial charge in [-0.3, -0.25) is 9.59 Å². The Morgan fingerprint density at radius 1 is 1.17 bits per heavy atom. The van der Waals surface area contributed by atoms with Crippen molar-refractivity contribution in [1.82, 2.24) is 0 Å². The number of benzene rings is 1. The molecule has 0 aliphatic heterocycles. The van der Waals surface area contributed by atoms with Gasteiger partial charge in [0.25, 0.3) is 5.91 Å². The molecule has 0 bridgehead atoms. The maximum atomic E-state index is 11.7. The number of amides is 1. The summed E-state index contributed by atoms with van der Waals surface area (Å²) in [6, 6.07) is 1.86. The molecule has 0 N–H and O–H groups in total. The summed E-state index contributed by atoms with van der Waals surface area (Å²) in [5.41, 5.74) is 3.61. The third-order valence-electron chi connectivity index (χ3n) is 3.17. The van der Waals surface area contributed by atoms with E-state index in [1.807, 2.05) is 26.8 Å². The third kappa shape index (κ3) is 2.37. The molecule has 0 fully saturated rings. The largest absolute Gasteiger partial charge is 0.496 e. The lowest BCUT2D eigenvalue weighted by molar-refractivity contribution is -0.134. The molecule has 0 aliphatic rings. The van der Waals surface area contributed by atoms with Crippen LogP contribution >= 0.6 is 0 Å². The monoisotopic (exact) mass is 249 g/mol. The van der Waals surface area contributed by atoms with Gasteiger partial charge in [0.2, 0.25) is 5.78 Å². The Balaban J connectivity index is 3.35. The number of carbonyl (C=O) groups is 2. The molecular formula is C14H19NO3. The first-order chi connectivity index (χ1) is 8.31. The summed E-state index contributed by atoms with van der Waals surface area (Å²) in [6.07, 6.45) is 0. The molecule has 1 amide bonds. The van der Waals surface area contributed by atoms with Crippen molar-refractivity contribution >= 4 is 17.4 Å². The molecule has 0 saturated heterocycles. The van der Waals surface area contributed by atoms with Crippen LogP contribution in [0.5, 0.6) is 5.75 Å². The highest BCUT2D eigenvalue weighted by molar-refractivity contribution is 6.40. The van der Waals surface area contributed by atoms with Gasteiger partial charge in [0.05, 0.1) is 7.11 Å². The van der Waals surface area contributed by atoms with Crippen LogP contribution < -0.4 is 9.64 Å². The lowest BCUT2D eigenvalue weighted by Gasteiger charge is -2.22. The molecule has 1 aromatic carbocycles. The molecule has 4 heteroatoms. The van der Waals surface area contributed by atoms with Gasteiger partial charge in [0, 0.05) is 19.7 Å². The molecule has 98 valence electrons. The van der Waals surface area contributed by atoms with Gasteiger partial charge in [-0.25, -0.2) is 0 Å². The minimum atomic E-state index is -0.512. The fourth-order valence-corrected chi connectivity index (χ4v) is 2.05. The molecule has 0 saturated carbocycles. The average Bonchev–Trinajstić information content (AvgIpc) is 2.32. The zero-order chi connectivity index (χ0) is 14.0. The molecule has 0 aromatic heterocycles. The summed E-state index contributed by atoms with van der Waals surface area (Å²) in [4.78, 5) is 24.3. The van der Waals surface area contributed by atoms with Crippen LogP contribution in [0.3, 0.4) is 0 Å². The van der Waals surface area contributed by atoms with E-state index < -0.39 is 11.7 Å². The first-order valence-electron chi connectivity index (χ1n) is 5.74. The Morgan fingerprint density at radius 2 is 1.72 bits per heavy atom. The highest BCUT2D eigenvalue weighted by atomic mass is 16.5. The van der Waals surface area contributed by atoms with Crippen molar-refractivity contribution in [2.75, 3.05) is 19.1 Å². The normalized spacial score (nSPS) is 10.1. The van der Waals surface area contributed by atoms with Crippen LogP contribution in [0.15, 0.2) is 6.07 Å². The highest BCUT2D eigenvalue weighted by Crippen LogP contribution is 2.33. The SMILES string of the molecule is COc1c(C)cc(N(C)C(=O)C(C)=O)c(C)c1C. The maximum Gasteiger partial charge on any atom is 0.293 e. The zero-order valence-electron chi connectivity index (χ0n) is 11.7. The van der Waals surface area contributed by atoms with Crippen LogP contribution in [0, 0.1) is 20.8 Å². The predicted molar refractivity (Wildman–Crippen MR) is 71.3 cm³/mol. The first kappa shape index (κ1) is 14.2. The second-order valence-electron chi connectivity index (χ2n) is 4.42. The van der Waals surface area contributed by atoms with E-state index in [1.165, 1.54) is 11.8 Å². The molecule has 18 heavy (non-hydrogen) atoms. The van der Waals surface area contributed by atoms with Crippen molar-refractivity contribution in [3.8, 4) is 5.75 Å². The number of rotatable bonds is 3. The van der Waals surface area contributed by atoms with Crippen LogP contribution in [-0.2, 0) is 9.59 Å². The topological polar surface area (TPSA) is 46.6 Å². The van der Waals surface area contributed by atoms with E-state index in [0.29, 0.717) is 0 Å². The Morgan fingerprint density at radius 3 is 2.17 bits per heavy atom. The fourth-order valence-electron chi connectivity index (χ4n) is 2.05. The number of anilines is 1. The van der Waals surface area contributed by atoms with Crippen LogP contribution in [0.4, 0.5) is 5.69 Å². The Kier molecular flexibility index (Phi) is 4.11. The van der Waals surface area contributed by atoms with Crippen LogP contribution in [0.1, 0.15) is 23.6 Å². The molecule has 0 unspecified atom stereocenters. The molecule has 1 rings (SSSR count). The lowest BCUT2D eigenvalue weighted by Crippen LogP contribution is -2.32. The van der Waals surface area contributed by atoms with Gasteiger partial charge in [-0.05, 0) is 43.5 Å². The second kappa shape index (κ2) is 5.21. The summed E-state index contributed by atoms with van der Waals surface area (Å²) in [5, 5.41) is 0. The van der Waals surface area contributed by atoms with Crippen molar-refractivity contribution in [2.45, 2.75) is 27.7 Å². The third-order valence-corrected chi connectivity index (χ3v) is 3.17. The second-order valence-corrected chi connectivity index (χ2v) is 4.42. The van der Waals surface area contributed by atoms with Crippen LogP contribution in [-0.4, -0.2) is 25.8 Å². The number of Topliss-reactive ketones (excluding diaryl/α,β-unsaturated/α-hetero) is 1. The minimum absolute atomic E-state index is 0.469. The highest BCUT2D eigenvalue weighted by Gasteiger charge is 2.20. The van der Waals surface area contributed by atoms with Gasteiger partial charge in [0.1, 0.15) is 5.75 Å². The molecule has 0 spiro atoms. The van der Waals surface area contributed by atoms with Crippen molar-refractivity contribution in [2.24, 2.45) is 0 Å². The van der Waals surface area contributed by atoms with E-state index >= 15 is 0 Å². The van der Waals surface area contributed by atoms with Gasteiger partial charge >= 0.3 is 0 Å². The fraction of sp³-hybridized carbons (Fsp3) is 0.429. The van der Waals surface area contributed by atoms with Crippen LogP contribution in [0.25, 0.3) is 0 Å². The number of hydrogen-bond donors (Lipinski definition) is 0. The summed E-state index contributed by atoms with van der Waals surface area (Å²) >= 11 is 0. The number of hydrogen-bond acceptors (Lipinski definition) is 3. The van der Waals surface area contributed by atoms with E-state index in [0.717, 1.165) is 28.1 Å². The van der Waals surface area contributed by atoms with Gasteiger partial charge < -0.3 is 9.64 Å². The lowest BCUT2D eigenvalue weighted by atomic mass is 10.0. The van der Waals surface area contributed by atoms with Crippen molar-refractivity contribution in [3.05, 3.63) is 22.8 Å². The number of aryl methyl sites for hydroxylation is 1. The molecule has 0 atom stereocenters. The predicted octanol–water partition coefficient (Wildman–Crippen LogP) is 2.17. The molecule has 0 aliphatic carbocycles. The number of ketones is 1. The molecule has 4 nitrogen and oxygen atoms in total. The van der Waals surface area contributed by atoms with Gasteiger partial charge in [-0.15, -0.1) is 0 Å². The Hall–Kier alpha value is -1.84. The summed E-state index contributed by atoms with van der Waals surface area (Å²) in [6.45, 7) is 7.05. The average molecular weight is 249 g/mol. The summed E-state index contributed by atoms with van der Waals surface area (Å²) < 4.78 is 5.33.